The van der Waals surface area contributed by atoms with E-state index in [1.165, 1.54) is 35.2 Å². The molecule has 0 saturated heterocycles. The van der Waals surface area contributed by atoms with E-state index < -0.39 is 0 Å². The van der Waals surface area contributed by atoms with E-state index >= 15 is 0 Å². The number of hydrogen-bond donors (Lipinski definition) is 1. The first-order valence-corrected chi connectivity index (χ1v) is 7.62. The Bertz CT molecular complexity index is 656. The summed E-state index contributed by atoms with van der Waals surface area (Å²) in [6.07, 6.45) is 2.49. The van der Waals surface area contributed by atoms with E-state index in [9.17, 15) is 0 Å². The van der Waals surface area contributed by atoms with Crippen LogP contribution in [0.3, 0.4) is 0 Å². The van der Waals surface area contributed by atoms with Gasteiger partial charge in [-0.3, -0.25) is 0 Å². The molecule has 2 atom stereocenters. The van der Waals surface area contributed by atoms with Crippen LogP contribution in [-0.2, 0) is 11.8 Å². The fourth-order valence-electron chi connectivity index (χ4n) is 4.25. The number of rotatable bonds is 0. The van der Waals surface area contributed by atoms with Gasteiger partial charge in [0.15, 0.2) is 0 Å². The molecule has 102 valence electrons. The maximum absolute atomic E-state index is 3.81. The van der Waals surface area contributed by atoms with E-state index in [-0.39, 0.29) is 5.41 Å². The molecule has 1 aliphatic carbocycles. The molecule has 4 rings (SSSR count). The quantitative estimate of drug-likeness (QED) is 0.727. The highest BCUT2D eigenvalue weighted by Crippen LogP contribution is 2.52. The zero-order valence-electron chi connectivity index (χ0n) is 12.2. The first-order valence-electron chi connectivity index (χ1n) is 7.62. The molecule has 0 bridgehead atoms. The third-order valence-electron chi connectivity index (χ3n) is 5.38. The van der Waals surface area contributed by atoms with Gasteiger partial charge < -0.3 is 5.32 Å². The molecule has 0 saturated carbocycles. The summed E-state index contributed by atoms with van der Waals surface area (Å²) in [5.74, 6) is 0.673. The molecule has 1 nitrogen and oxygen atoms in total. The Morgan fingerprint density at radius 2 is 1.75 bits per heavy atom. The Hall–Kier alpha value is -1.76. The number of anilines is 1. The van der Waals surface area contributed by atoms with Crippen molar-refractivity contribution in [2.45, 2.75) is 38.1 Å². The van der Waals surface area contributed by atoms with Crippen molar-refractivity contribution in [2.24, 2.45) is 5.92 Å². The Labute approximate surface area is 121 Å². The van der Waals surface area contributed by atoms with Gasteiger partial charge in [-0.25, -0.2) is 0 Å². The molecule has 0 radical (unpaired) electrons. The van der Waals surface area contributed by atoms with Gasteiger partial charge in [0.1, 0.15) is 0 Å². The van der Waals surface area contributed by atoms with Gasteiger partial charge in [0, 0.05) is 5.69 Å². The molecule has 2 aromatic rings. The number of nitrogens with one attached hydrogen (secondary N) is 1. The summed E-state index contributed by atoms with van der Waals surface area (Å²) in [6.45, 7) is 4.83. The number of benzene rings is 2. The van der Waals surface area contributed by atoms with Crippen molar-refractivity contribution in [2.75, 3.05) is 5.32 Å². The van der Waals surface area contributed by atoms with Crippen molar-refractivity contribution >= 4 is 5.69 Å². The van der Waals surface area contributed by atoms with Gasteiger partial charge in [-0.05, 0) is 46.9 Å². The van der Waals surface area contributed by atoms with Crippen molar-refractivity contribution in [1.82, 2.24) is 0 Å². The molecule has 1 heteroatoms. The van der Waals surface area contributed by atoms with E-state index in [1.807, 2.05) is 0 Å². The smallest absolute Gasteiger partial charge is 0.0553 e. The average molecular weight is 263 g/mol. The number of para-hydroxylation sites is 1. The van der Waals surface area contributed by atoms with Crippen LogP contribution in [0.25, 0.3) is 0 Å². The highest BCUT2D eigenvalue weighted by atomic mass is 15.0. The second kappa shape index (κ2) is 4.12. The van der Waals surface area contributed by atoms with Crippen molar-refractivity contribution in [3.8, 4) is 0 Å². The highest BCUT2D eigenvalue weighted by molar-refractivity contribution is 5.60. The fraction of sp³-hybridized carbons (Fsp3) is 0.368. The molecular weight excluding hydrogens is 242 g/mol. The number of hydrogen-bond acceptors (Lipinski definition) is 1. The lowest BCUT2D eigenvalue weighted by molar-refractivity contribution is 0.240. The summed E-state index contributed by atoms with van der Waals surface area (Å²) in [5.41, 5.74) is 6.05. The van der Waals surface area contributed by atoms with Crippen LogP contribution in [0, 0.1) is 5.92 Å². The Morgan fingerprint density at radius 3 is 2.65 bits per heavy atom. The normalized spacial score (nSPS) is 25.9. The molecule has 0 fully saturated rings. The fourth-order valence-corrected chi connectivity index (χ4v) is 4.25. The summed E-state index contributed by atoms with van der Waals surface area (Å²) in [4.78, 5) is 0. The van der Waals surface area contributed by atoms with Gasteiger partial charge in [0.25, 0.3) is 0 Å². The predicted molar refractivity (Wildman–Crippen MR) is 84.1 cm³/mol. The van der Waals surface area contributed by atoms with Crippen molar-refractivity contribution in [3.05, 3.63) is 65.2 Å². The summed E-state index contributed by atoms with van der Waals surface area (Å²) < 4.78 is 0. The molecular formula is C19H21N. The van der Waals surface area contributed by atoms with Crippen molar-refractivity contribution in [3.63, 3.8) is 0 Å². The highest BCUT2D eigenvalue weighted by Gasteiger charge is 2.44. The first kappa shape index (κ1) is 12.0. The van der Waals surface area contributed by atoms with Crippen LogP contribution < -0.4 is 5.32 Å². The SMILES string of the molecule is CC1(C)c2ccccc2N[C@@H]2c3ccccc3CC[C@@H]21. The molecule has 0 unspecified atom stereocenters. The van der Waals surface area contributed by atoms with Gasteiger partial charge in [0.05, 0.1) is 6.04 Å². The van der Waals surface area contributed by atoms with Crippen LogP contribution in [0.2, 0.25) is 0 Å². The van der Waals surface area contributed by atoms with Crippen LogP contribution >= 0.6 is 0 Å². The summed E-state index contributed by atoms with van der Waals surface area (Å²) in [6, 6.07) is 18.2. The molecule has 2 aliphatic rings. The second-order valence-electron chi connectivity index (χ2n) is 6.73. The van der Waals surface area contributed by atoms with Crippen LogP contribution in [0.15, 0.2) is 48.5 Å². The molecule has 2 aromatic carbocycles. The Kier molecular flexibility index (Phi) is 2.47. The van der Waals surface area contributed by atoms with Gasteiger partial charge in [-0.1, -0.05) is 56.3 Å². The molecule has 20 heavy (non-hydrogen) atoms. The maximum Gasteiger partial charge on any atom is 0.0553 e. The summed E-state index contributed by atoms with van der Waals surface area (Å²) >= 11 is 0. The lowest BCUT2D eigenvalue weighted by Gasteiger charge is -2.49. The second-order valence-corrected chi connectivity index (χ2v) is 6.73. The number of fused-ring (bicyclic) bond motifs is 4. The lowest BCUT2D eigenvalue weighted by Crippen LogP contribution is -2.43. The third kappa shape index (κ3) is 1.56. The summed E-state index contributed by atoms with van der Waals surface area (Å²) in [5, 5.41) is 3.81. The van der Waals surface area contributed by atoms with Gasteiger partial charge in [0.2, 0.25) is 0 Å². The molecule has 0 aromatic heterocycles. The lowest BCUT2D eigenvalue weighted by atomic mass is 9.61. The van der Waals surface area contributed by atoms with Crippen molar-refractivity contribution < 1.29 is 0 Å². The van der Waals surface area contributed by atoms with Crippen LogP contribution in [0.5, 0.6) is 0 Å². The van der Waals surface area contributed by atoms with E-state index in [0.717, 1.165) is 0 Å². The van der Waals surface area contributed by atoms with Crippen molar-refractivity contribution in [1.29, 1.82) is 0 Å². The van der Waals surface area contributed by atoms with E-state index in [1.54, 1.807) is 0 Å². The zero-order valence-corrected chi connectivity index (χ0v) is 12.2. The standard InChI is InChI=1S/C19H21N/c1-19(2)15-9-5-6-10-17(15)20-18-14-8-4-3-7-13(14)11-12-16(18)19/h3-10,16,18,20H,11-12H2,1-2H3/t16-,18+/m0/s1. The minimum atomic E-state index is 0.236. The summed E-state index contributed by atoms with van der Waals surface area (Å²) in [7, 11) is 0. The van der Waals surface area contributed by atoms with Crippen LogP contribution in [0.4, 0.5) is 5.69 Å². The van der Waals surface area contributed by atoms with E-state index in [0.29, 0.717) is 12.0 Å². The van der Waals surface area contributed by atoms with Gasteiger partial charge >= 0.3 is 0 Å². The molecule has 1 aliphatic heterocycles. The zero-order chi connectivity index (χ0) is 13.7. The molecule has 0 amide bonds. The molecule has 1 heterocycles. The first-order chi connectivity index (χ1) is 9.68. The van der Waals surface area contributed by atoms with Crippen LogP contribution in [-0.4, -0.2) is 0 Å². The largest absolute Gasteiger partial charge is 0.378 e. The minimum Gasteiger partial charge on any atom is -0.378 e. The van der Waals surface area contributed by atoms with Gasteiger partial charge in [-0.15, -0.1) is 0 Å². The van der Waals surface area contributed by atoms with Gasteiger partial charge in [-0.2, -0.15) is 0 Å². The average Bonchev–Trinajstić information content (AvgIpc) is 2.47. The number of aryl methyl sites for hydroxylation is 1. The Balaban J connectivity index is 1.88. The Morgan fingerprint density at radius 1 is 1.00 bits per heavy atom. The predicted octanol–water partition coefficient (Wildman–Crippen LogP) is 4.69. The van der Waals surface area contributed by atoms with E-state index in [2.05, 4.69) is 67.7 Å². The molecule has 0 spiro atoms. The van der Waals surface area contributed by atoms with Crippen LogP contribution in [0.1, 0.15) is 43.0 Å². The molecule has 1 N–H and O–H groups in total. The van der Waals surface area contributed by atoms with E-state index in [4.69, 9.17) is 0 Å². The monoisotopic (exact) mass is 263 g/mol. The third-order valence-corrected chi connectivity index (χ3v) is 5.38. The minimum absolute atomic E-state index is 0.236. The maximum atomic E-state index is 3.81. The topological polar surface area (TPSA) is 12.0 Å².